The van der Waals surface area contributed by atoms with Crippen molar-refractivity contribution in [3.63, 3.8) is 0 Å². The number of rotatable bonds is 4. The molecule has 0 aliphatic carbocycles. The summed E-state index contributed by atoms with van der Waals surface area (Å²) >= 11 is 0. The summed E-state index contributed by atoms with van der Waals surface area (Å²) in [4.78, 5) is 10.8. The van der Waals surface area contributed by atoms with Crippen LogP contribution in [0.1, 0.15) is 6.92 Å². The van der Waals surface area contributed by atoms with Crippen LogP contribution in [0.15, 0.2) is 42.5 Å². The van der Waals surface area contributed by atoms with Crippen LogP contribution in [0.5, 0.6) is 5.75 Å². The van der Waals surface area contributed by atoms with Gasteiger partial charge in [-0.2, -0.15) is 0 Å². The van der Waals surface area contributed by atoms with Crippen molar-refractivity contribution >= 4 is 5.91 Å². The molecule has 1 rings (SSSR count). The number of ether oxygens (including phenoxy) is 1. The van der Waals surface area contributed by atoms with Crippen LogP contribution < -0.4 is 10.5 Å². The van der Waals surface area contributed by atoms with Gasteiger partial charge in [0.2, 0.25) is 5.91 Å². The van der Waals surface area contributed by atoms with Crippen molar-refractivity contribution in [2.45, 2.75) is 13.0 Å². The normalized spacial score (nSPS) is 11.8. The minimum atomic E-state index is -0.534. The maximum atomic E-state index is 10.8. The van der Waals surface area contributed by atoms with Crippen molar-refractivity contribution in [2.75, 3.05) is 0 Å². The van der Waals surface area contributed by atoms with Gasteiger partial charge in [0.15, 0.2) is 0 Å². The lowest BCUT2D eigenvalue weighted by atomic mass is 10.2. The van der Waals surface area contributed by atoms with Gasteiger partial charge in [-0.05, 0) is 19.1 Å². The van der Waals surface area contributed by atoms with Gasteiger partial charge in [0, 0.05) is 5.57 Å². The summed E-state index contributed by atoms with van der Waals surface area (Å²) in [6.45, 7) is 5.29. The molecule has 0 heterocycles. The predicted molar refractivity (Wildman–Crippen MR) is 54.9 cm³/mol. The van der Waals surface area contributed by atoms with Gasteiger partial charge in [0.1, 0.15) is 11.9 Å². The second-order valence-corrected chi connectivity index (χ2v) is 2.96. The Kier molecular flexibility index (Phi) is 3.29. The molecule has 0 fully saturated rings. The molecule has 1 atom stereocenters. The topological polar surface area (TPSA) is 52.3 Å². The number of amides is 1. The van der Waals surface area contributed by atoms with Gasteiger partial charge in [-0.3, -0.25) is 4.79 Å². The highest BCUT2D eigenvalue weighted by atomic mass is 16.5. The standard InChI is InChI=1S/C11H13NO2/c1-8(11(12)13)9(2)14-10-6-4-3-5-7-10/h3-7,9H,1H2,2H3,(H2,12,13). The van der Waals surface area contributed by atoms with Gasteiger partial charge in [-0.15, -0.1) is 0 Å². The first-order valence-electron chi connectivity index (χ1n) is 4.31. The highest BCUT2D eigenvalue weighted by Crippen LogP contribution is 2.13. The lowest BCUT2D eigenvalue weighted by Gasteiger charge is -2.14. The van der Waals surface area contributed by atoms with E-state index in [1.807, 2.05) is 30.3 Å². The molecule has 1 aromatic carbocycles. The van der Waals surface area contributed by atoms with Crippen LogP contribution in [0.3, 0.4) is 0 Å². The van der Waals surface area contributed by atoms with Crippen LogP contribution in [0, 0.1) is 0 Å². The third-order valence-electron chi connectivity index (χ3n) is 1.86. The highest BCUT2D eigenvalue weighted by molar-refractivity contribution is 5.92. The first kappa shape index (κ1) is 10.3. The summed E-state index contributed by atoms with van der Waals surface area (Å²) < 4.78 is 5.44. The molecule has 0 aliphatic heterocycles. The number of carbonyl (C=O) groups is 1. The van der Waals surface area contributed by atoms with Crippen molar-refractivity contribution in [3.05, 3.63) is 42.5 Å². The molecule has 3 heteroatoms. The predicted octanol–water partition coefficient (Wildman–Crippen LogP) is 1.50. The Morgan fingerprint density at radius 1 is 1.43 bits per heavy atom. The van der Waals surface area contributed by atoms with E-state index in [1.165, 1.54) is 0 Å². The second kappa shape index (κ2) is 4.46. The fourth-order valence-corrected chi connectivity index (χ4v) is 0.975. The molecule has 0 spiro atoms. The number of para-hydroxylation sites is 1. The zero-order valence-electron chi connectivity index (χ0n) is 8.07. The van der Waals surface area contributed by atoms with Gasteiger partial charge < -0.3 is 10.5 Å². The first-order valence-corrected chi connectivity index (χ1v) is 4.31. The third kappa shape index (κ3) is 2.62. The van der Waals surface area contributed by atoms with Crippen molar-refractivity contribution in [2.24, 2.45) is 5.73 Å². The van der Waals surface area contributed by atoms with E-state index in [-0.39, 0.29) is 5.57 Å². The number of hydrogen-bond acceptors (Lipinski definition) is 2. The van der Waals surface area contributed by atoms with E-state index in [0.717, 1.165) is 0 Å². The fourth-order valence-electron chi connectivity index (χ4n) is 0.975. The average Bonchev–Trinajstić information content (AvgIpc) is 2.18. The smallest absolute Gasteiger partial charge is 0.247 e. The van der Waals surface area contributed by atoms with E-state index in [9.17, 15) is 4.79 Å². The Morgan fingerprint density at radius 2 is 2.00 bits per heavy atom. The quantitative estimate of drug-likeness (QED) is 0.733. The fraction of sp³-hybridized carbons (Fsp3) is 0.182. The first-order chi connectivity index (χ1) is 6.61. The summed E-state index contributed by atoms with van der Waals surface area (Å²) in [7, 11) is 0. The zero-order chi connectivity index (χ0) is 10.6. The van der Waals surface area contributed by atoms with Crippen LogP contribution in [0.25, 0.3) is 0 Å². The summed E-state index contributed by atoms with van der Waals surface area (Å²) in [5, 5.41) is 0. The molecule has 1 unspecified atom stereocenters. The van der Waals surface area contributed by atoms with E-state index in [2.05, 4.69) is 6.58 Å². The van der Waals surface area contributed by atoms with Gasteiger partial charge >= 0.3 is 0 Å². The summed E-state index contributed by atoms with van der Waals surface area (Å²) in [6, 6.07) is 9.22. The highest BCUT2D eigenvalue weighted by Gasteiger charge is 2.12. The monoisotopic (exact) mass is 191 g/mol. The van der Waals surface area contributed by atoms with Gasteiger partial charge in [-0.25, -0.2) is 0 Å². The summed E-state index contributed by atoms with van der Waals surface area (Å²) in [5.41, 5.74) is 5.34. The largest absolute Gasteiger partial charge is 0.486 e. The van der Waals surface area contributed by atoms with E-state index >= 15 is 0 Å². The van der Waals surface area contributed by atoms with E-state index in [4.69, 9.17) is 10.5 Å². The lowest BCUT2D eigenvalue weighted by Crippen LogP contribution is -2.25. The van der Waals surface area contributed by atoms with E-state index in [0.29, 0.717) is 5.75 Å². The molecule has 0 aliphatic rings. The maximum Gasteiger partial charge on any atom is 0.247 e. The molecule has 14 heavy (non-hydrogen) atoms. The number of nitrogens with two attached hydrogens (primary N) is 1. The Labute approximate surface area is 83.2 Å². The third-order valence-corrected chi connectivity index (χ3v) is 1.86. The number of benzene rings is 1. The van der Waals surface area contributed by atoms with Crippen molar-refractivity contribution in [1.82, 2.24) is 0 Å². The van der Waals surface area contributed by atoms with E-state index < -0.39 is 12.0 Å². The van der Waals surface area contributed by atoms with Gasteiger partial charge in [0.25, 0.3) is 0 Å². The van der Waals surface area contributed by atoms with Crippen LogP contribution in [-0.4, -0.2) is 12.0 Å². The van der Waals surface area contributed by atoms with Crippen molar-refractivity contribution in [3.8, 4) is 5.75 Å². The number of primary amides is 1. The summed E-state index contributed by atoms with van der Waals surface area (Å²) in [5.74, 6) is 0.163. The van der Waals surface area contributed by atoms with Crippen LogP contribution >= 0.6 is 0 Å². The van der Waals surface area contributed by atoms with Crippen LogP contribution in [0.2, 0.25) is 0 Å². The van der Waals surface area contributed by atoms with Crippen LogP contribution in [-0.2, 0) is 4.79 Å². The molecule has 1 amide bonds. The Morgan fingerprint density at radius 3 is 2.50 bits per heavy atom. The molecule has 3 nitrogen and oxygen atoms in total. The molecule has 74 valence electrons. The molecule has 0 aromatic heterocycles. The summed E-state index contributed by atoms with van der Waals surface area (Å²) in [6.07, 6.45) is -0.394. The Hall–Kier alpha value is -1.77. The number of hydrogen-bond donors (Lipinski definition) is 1. The number of carbonyl (C=O) groups excluding carboxylic acids is 1. The molecule has 0 radical (unpaired) electrons. The Bertz CT molecular complexity index is 332. The average molecular weight is 191 g/mol. The molecular formula is C11H13NO2. The van der Waals surface area contributed by atoms with Crippen LogP contribution in [0.4, 0.5) is 0 Å². The van der Waals surface area contributed by atoms with E-state index in [1.54, 1.807) is 6.92 Å². The van der Waals surface area contributed by atoms with Gasteiger partial charge in [-0.1, -0.05) is 24.8 Å². The SMILES string of the molecule is C=C(C(N)=O)C(C)Oc1ccccc1. The van der Waals surface area contributed by atoms with Crippen molar-refractivity contribution in [1.29, 1.82) is 0 Å². The minimum absolute atomic E-state index is 0.272. The second-order valence-electron chi connectivity index (χ2n) is 2.96. The molecule has 0 saturated heterocycles. The molecule has 1 aromatic rings. The molecule has 2 N–H and O–H groups in total. The van der Waals surface area contributed by atoms with Gasteiger partial charge in [0.05, 0.1) is 0 Å². The minimum Gasteiger partial charge on any atom is -0.486 e. The zero-order valence-corrected chi connectivity index (χ0v) is 8.07. The molecule has 0 bridgehead atoms. The molecule has 0 saturated carbocycles. The lowest BCUT2D eigenvalue weighted by molar-refractivity contribution is -0.115. The molecular weight excluding hydrogens is 178 g/mol. The van der Waals surface area contributed by atoms with Crippen molar-refractivity contribution < 1.29 is 9.53 Å². The maximum absolute atomic E-state index is 10.8. The Balaban J connectivity index is 2.62.